The van der Waals surface area contributed by atoms with Gasteiger partial charge in [0, 0.05) is 6.07 Å². The normalized spacial score (nSPS) is 10.5. The van der Waals surface area contributed by atoms with Gasteiger partial charge in [0.1, 0.15) is 17.8 Å². The van der Waals surface area contributed by atoms with Gasteiger partial charge in [-0.15, -0.1) is 10.2 Å². The van der Waals surface area contributed by atoms with Crippen LogP contribution in [-0.4, -0.2) is 27.0 Å². The average Bonchev–Trinajstić information content (AvgIpc) is 3.24. The summed E-state index contributed by atoms with van der Waals surface area (Å²) in [6.07, 6.45) is 1.36. The lowest BCUT2D eigenvalue weighted by Crippen LogP contribution is -2.14. The highest BCUT2D eigenvalue weighted by Gasteiger charge is 2.11. The molecule has 3 aromatic rings. The highest BCUT2D eigenvalue weighted by molar-refractivity contribution is 7.99. The zero-order valence-corrected chi connectivity index (χ0v) is 13.0. The van der Waals surface area contributed by atoms with Crippen molar-refractivity contribution in [3.63, 3.8) is 0 Å². The number of rotatable bonds is 7. The van der Waals surface area contributed by atoms with E-state index >= 15 is 0 Å². The summed E-state index contributed by atoms with van der Waals surface area (Å²) in [6, 6.07) is 7.10. The van der Waals surface area contributed by atoms with Crippen LogP contribution in [0.1, 0.15) is 5.89 Å². The Morgan fingerprint density at radius 2 is 2.08 bits per heavy atom. The van der Waals surface area contributed by atoms with Gasteiger partial charge >= 0.3 is 0 Å². The van der Waals surface area contributed by atoms with E-state index in [9.17, 15) is 9.18 Å². The van der Waals surface area contributed by atoms with Crippen molar-refractivity contribution in [2.75, 3.05) is 11.1 Å². The fourth-order valence-corrected chi connectivity index (χ4v) is 2.19. The van der Waals surface area contributed by atoms with Crippen LogP contribution < -0.4 is 10.1 Å². The Bertz CT molecular complexity index is 791. The minimum absolute atomic E-state index is 0.0460. The first kappa shape index (κ1) is 16.0. The molecule has 2 heterocycles. The summed E-state index contributed by atoms with van der Waals surface area (Å²) in [4.78, 5) is 11.7. The lowest BCUT2D eigenvalue weighted by Gasteiger charge is -2.02. The van der Waals surface area contributed by atoms with E-state index in [1.807, 2.05) is 0 Å². The number of carbonyl (C=O) groups is 1. The molecule has 0 aliphatic carbocycles. The molecule has 0 saturated heterocycles. The second-order valence-electron chi connectivity index (χ2n) is 4.43. The summed E-state index contributed by atoms with van der Waals surface area (Å²) in [5.41, 5.74) is 0. The summed E-state index contributed by atoms with van der Waals surface area (Å²) in [6.45, 7) is 0.0460. The number of nitrogens with one attached hydrogen (secondary N) is 1. The minimum atomic E-state index is -0.345. The lowest BCUT2D eigenvalue weighted by molar-refractivity contribution is -0.113. The molecule has 0 saturated carbocycles. The van der Waals surface area contributed by atoms with Crippen LogP contribution in [0.5, 0.6) is 5.75 Å². The second-order valence-corrected chi connectivity index (χ2v) is 5.35. The third-order valence-corrected chi connectivity index (χ3v) is 3.47. The molecule has 0 radical (unpaired) electrons. The number of carbonyl (C=O) groups excluding carboxylic acids is 1. The molecule has 0 aliphatic rings. The van der Waals surface area contributed by atoms with E-state index < -0.39 is 0 Å². The van der Waals surface area contributed by atoms with Crippen LogP contribution in [-0.2, 0) is 11.4 Å². The monoisotopic (exact) mass is 350 g/mol. The summed E-state index contributed by atoms with van der Waals surface area (Å²) in [5, 5.41) is 14.0. The Morgan fingerprint density at radius 3 is 2.83 bits per heavy atom. The van der Waals surface area contributed by atoms with E-state index in [0.29, 0.717) is 11.6 Å². The Hall–Kier alpha value is -2.88. The number of halogens is 1. The number of aromatic nitrogens is 3. The molecular weight excluding hydrogens is 339 g/mol. The largest absolute Gasteiger partial charge is 0.484 e. The lowest BCUT2D eigenvalue weighted by atomic mass is 10.3. The predicted octanol–water partition coefficient (Wildman–Crippen LogP) is 2.51. The van der Waals surface area contributed by atoms with Crippen LogP contribution in [0, 0.1) is 5.82 Å². The molecule has 0 atom stereocenters. The van der Waals surface area contributed by atoms with Crippen LogP contribution in [0.4, 0.5) is 10.2 Å². The maximum atomic E-state index is 12.8. The zero-order chi connectivity index (χ0) is 16.8. The van der Waals surface area contributed by atoms with E-state index in [4.69, 9.17) is 9.15 Å². The number of anilines is 1. The maximum absolute atomic E-state index is 12.8. The smallest absolute Gasteiger partial charge is 0.277 e. The first-order chi connectivity index (χ1) is 11.7. The van der Waals surface area contributed by atoms with Gasteiger partial charge in [-0.05, 0) is 24.3 Å². The summed E-state index contributed by atoms with van der Waals surface area (Å²) in [7, 11) is 0. The van der Waals surface area contributed by atoms with Crippen molar-refractivity contribution in [2.45, 2.75) is 11.8 Å². The first-order valence-electron chi connectivity index (χ1n) is 6.73. The van der Waals surface area contributed by atoms with Gasteiger partial charge in [0.2, 0.25) is 5.91 Å². The number of amides is 1. The third-order valence-electron chi connectivity index (χ3n) is 2.66. The molecule has 124 valence electrons. The SMILES string of the molecule is O=C(CSc1nnc(COc2ccc(F)cc2)o1)Nc1ccon1. The Labute approximate surface area is 139 Å². The molecule has 0 fully saturated rings. The Morgan fingerprint density at radius 1 is 1.25 bits per heavy atom. The summed E-state index contributed by atoms with van der Waals surface area (Å²) in [5.74, 6) is 0.515. The van der Waals surface area contributed by atoms with E-state index in [-0.39, 0.29) is 35.2 Å². The molecule has 1 N–H and O–H groups in total. The zero-order valence-electron chi connectivity index (χ0n) is 12.1. The molecule has 0 aliphatic heterocycles. The van der Waals surface area contributed by atoms with Gasteiger partial charge in [-0.25, -0.2) is 4.39 Å². The Balaban J connectivity index is 1.45. The van der Waals surface area contributed by atoms with Gasteiger partial charge in [-0.2, -0.15) is 0 Å². The molecular formula is C14H11FN4O4S. The molecule has 0 unspecified atom stereocenters. The van der Waals surface area contributed by atoms with Crippen LogP contribution >= 0.6 is 11.8 Å². The first-order valence-corrected chi connectivity index (χ1v) is 7.71. The second kappa shape index (κ2) is 7.59. The van der Waals surface area contributed by atoms with Crippen molar-refractivity contribution >= 4 is 23.5 Å². The van der Waals surface area contributed by atoms with E-state index in [1.54, 1.807) is 0 Å². The highest BCUT2D eigenvalue weighted by atomic mass is 32.2. The van der Waals surface area contributed by atoms with Gasteiger partial charge < -0.3 is 19.0 Å². The number of thioether (sulfide) groups is 1. The molecule has 1 aromatic carbocycles. The summed E-state index contributed by atoms with van der Waals surface area (Å²) < 4.78 is 28.1. The van der Waals surface area contributed by atoms with E-state index in [1.165, 1.54) is 36.6 Å². The minimum Gasteiger partial charge on any atom is -0.484 e. The summed E-state index contributed by atoms with van der Waals surface area (Å²) >= 11 is 1.08. The standard InChI is InChI=1S/C14H11FN4O4S/c15-9-1-3-10(4-2-9)21-7-13-17-18-14(23-13)24-8-12(20)16-11-5-6-22-19-11/h1-6H,7-8H2,(H,16,19,20). The molecule has 1 amide bonds. The van der Waals surface area contributed by atoms with E-state index in [2.05, 4.69) is 25.2 Å². The van der Waals surface area contributed by atoms with Gasteiger partial charge in [0.15, 0.2) is 12.4 Å². The van der Waals surface area contributed by atoms with Crippen molar-refractivity contribution in [3.05, 3.63) is 48.3 Å². The van der Waals surface area contributed by atoms with Gasteiger partial charge in [-0.1, -0.05) is 16.9 Å². The van der Waals surface area contributed by atoms with Crippen LogP contribution in [0.3, 0.4) is 0 Å². The van der Waals surface area contributed by atoms with Crippen LogP contribution in [0.25, 0.3) is 0 Å². The van der Waals surface area contributed by atoms with Crippen LogP contribution in [0.15, 0.2) is 50.8 Å². The molecule has 0 bridgehead atoms. The van der Waals surface area contributed by atoms with Crippen molar-refractivity contribution in [1.82, 2.24) is 15.4 Å². The molecule has 24 heavy (non-hydrogen) atoms. The van der Waals surface area contributed by atoms with Gasteiger partial charge in [0.05, 0.1) is 5.75 Å². The Kier molecular flexibility index (Phi) is 5.06. The number of hydrogen-bond donors (Lipinski definition) is 1. The van der Waals surface area contributed by atoms with Crippen molar-refractivity contribution < 1.29 is 22.9 Å². The maximum Gasteiger partial charge on any atom is 0.277 e. The molecule has 10 heteroatoms. The quantitative estimate of drug-likeness (QED) is 0.648. The molecule has 3 rings (SSSR count). The van der Waals surface area contributed by atoms with Crippen LogP contribution in [0.2, 0.25) is 0 Å². The number of benzene rings is 1. The van der Waals surface area contributed by atoms with Gasteiger partial charge in [0.25, 0.3) is 11.1 Å². The van der Waals surface area contributed by atoms with E-state index in [0.717, 1.165) is 11.8 Å². The molecule has 2 aromatic heterocycles. The topological polar surface area (TPSA) is 103 Å². The molecule has 0 spiro atoms. The fourth-order valence-electron chi connectivity index (χ4n) is 1.61. The van der Waals surface area contributed by atoms with Crippen molar-refractivity contribution in [3.8, 4) is 5.75 Å². The van der Waals surface area contributed by atoms with Crippen molar-refractivity contribution in [2.24, 2.45) is 0 Å². The fraction of sp³-hybridized carbons (Fsp3) is 0.143. The van der Waals surface area contributed by atoms with Crippen molar-refractivity contribution in [1.29, 1.82) is 0 Å². The average molecular weight is 350 g/mol. The number of hydrogen-bond acceptors (Lipinski definition) is 8. The predicted molar refractivity (Wildman–Crippen MR) is 80.9 cm³/mol. The number of nitrogens with zero attached hydrogens (tertiary/aromatic N) is 3. The third kappa shape index (κ3) is 4.56. The van der Waals surface area contributed by atoms with Gasteiger partial charge in [-0.3, -0.25) is 4.79 Å². The highest BCUT2D eigenvalue weighted by Crippen LogP contribution is 2.18. The number of ether oxygens (including phenoxy) is 1. The molecule has 8 nitrogen and oxygen atoms in total.